The first-order valence-corrected chi connectivity index (χ1v) is 8.09. The average Bonchev–Trinajstić information content (AvgIpc) is 2.60. The van der Waals surface area contributed by atoms with Crippen molar-refractivity contribution < 1.29 is 5.11 Å². The predicted molar refractivity (Wildman–Crippen MR) is 95.8 cm³/mol. The van der Waals surface area contributed by atoms with Gasteiger partial charge in [0.15, 0.2) is 11.6 Å². The van der Waals surface area contributed by atoms with Crippen molar-refractivity contribution >= 4 is 16.6 Å². The van der Waals surface area contributed by atoms with E-state index in [1.807, 2.05) is 31.2 Å². The number of terminal acetylenes is 1. The molecule has 1 aromatic carbocycles. The fourth-order valence-corrected chi connectivity index (χ4v) is 3.20. The molecule has 3 aromatic rings. The van der Waals surface area contributed by atoms with Crippen molar-refractivity contribution in [3.63, 3.8) is 0 Å². The van der Waals surface area contributed by atoms with Crippen LogP contribution in [-0.4, -0.2) is 36.9 Å². The minimum absolute atomic E-state index is 0.199. The Balaban J connectivity index is 1.73. The van der Waals surface area contributed by atoms with E-state index in [0.717, 1.165) is 10.8 Å². The molecule has 0 atom stereocenters. The van der Waals surface area contributed by atoms with Gasteiger partial charge in [-0.25, -0.2) is 9.97 Å². The molecule has 6 nitrogen and oxygen atoms in total. The summed E-state index contributed by atoms with van der Waals surface area (Å²) in [6.07, 6.45) is 9.94. The Hall–Kier alpha value is -3.04. The molecule has 2 aromatic heterocycles. The molecule has 0 saturated heterocycles. The lowest BCUT2D eigenvalue weighted by molar-refractivity contribution is -0.0235. The summed E-state index contributed by atoms with van der Waals surface area (Å²) in [6, 6.07) is 8.06. The van der Waals surface area contributed by atoms with Crippen molar-refractivity contribution in [2.75, 3.05) is 5.32 Å². The standard InChI is InChI=1S/C19H17N5O/c1-3-12-10-20-18(21-11-12)16-14-6-4-5-7-15(14)17(24-23-16)22-13-8-19(2,25)9-13/h1,4-7,10-11,13,25H,8-9H2,2H3,(H,22,24). The first-order valence-electron chi connectivity index (χ1n) is 8.09. The maximum absolute atomic E-state index is 9.90. The Kier molecular flexibility index (Phi) is 3.59. The summed E-state index contributed by atoms with van der Waals surface area (Å²) < 4.78 is 0. The largest absolute Gasteiger partial charge is 0.390 e. The average molecular weight is 331 g/mol. The van der Waals surface area contributed by atoms with Gasteiger partial charge in [-0.3, -0.25) is 0 Å². The molecular weight excluding hydrogens is 314 g/mol. The van der Waals surface area contributed by atoms with Gasteiger partial charge < -0.3 is 10.4 Å². The molecule has 25 heavy (non-hydrogen) atoms. The van der Waals surface area contributed by atoms with Crippen LogP contribution < -0.4 is 5.32 Å². The molecule has 2 N–H and O–H groups in total. The van der Waals surface area contributed by atoms with Crippen LogP contribution in [0.25, 0.3) is 22.3 Å². The Morgan fingerprint density at radius 3 is 2.48 bits per heavy atom. The van der Waals surface area contributed by atoms with Gasteiger partial charge in [0.25, 0.3) is 0 Å². The van der Waals surface area contributed by atoms with Gasteiger partial charge in [-0.1, -0.05) is 30.2 Å². The molecule has 0 aliphatic heterocycles. The van der Waals surface area contributed by atoms with Gasteiger partial charge in [0.2, 0.25) is 0 Å². The van der Waals surface area contributed by atoms with Crippen LogP contribution in [0.2, 0.25) is 0 Å². The van der Waals surface area contributed by atoms with Gasteiger partial charge in [0.05, 0.1) is 11.2 Å². The lowest BCUT2D eigenvalue weighted by atomic mass is 9.77. The van der Waals surface area contributed by atoms with E-state index in [-0.39, 0.29) is 6.04 Å². The lowest BCUT2D eigenvalue weighted by Gasteiger charge is -2.41. The fraction of sp³-hybridized carbons (Fsp3) is 0.263. The smallest absolute Gasteiger partial charge is 0.180 e. The number of hydrogen-bond acceptors (Lipinski definition) is 6. The fourth-order valence-electron chi connectivity index (χ4n) is 3.20. The van der Waals surface area contributed by atoms with Crippen LogP contribution in [0.1, 0.15) is 25.3 Å². The second-order valence-corrected chi connectivity index (χ2v) is 6.63. The van der Waals surface area contributed by atoms with Gasteiger partial charge in [0.1, 0.15) is 5.69 Å². The lowest BCUT2D eigenvalue weighted by Crippen LogP contribution is -2.48. The molecule has 6 heteroatoms. The van der Waals surface area contributed by atoms with Gasteiger partial charge in [-0.05, 0) is 19.8 Å². The van der Waals surface area contributed by atoms with Crippen LogP contribution in [0.5, 0.6) is 0 Å². The highest BCUT2D eigenvalue weighted by atomic mass is 16.3. The Bertz CT molecular complexity index is 967. The van der Waals surface area contributed by atoms with Crippen LogP contribution in [0.15, 0.2) is 36.7 Å². The number of nitrogens with one attached hydrogen (secondary N) is 1. The predicted octanol–water partition coefficient (Wildman–Crippen LogP) is 2.39. The van der Waals surface area contributed by atoms with E-state index in [1.54, 1.807) is 12.4 Å². The van der Waals surface area contributed by atoms with Crippen molar-refractivity contribution in [2.24, 2.45) is 0 Å². The minimum atomic E-state index is -0.590. The summed E-state index contributed by atoms with van der Waals surface area (Å²) in [5.41, 5.74) is 0.648. The molecule has 0 amide bonds. The molecule has 1 aliphatic carbocycles. The summed E-state index contributed by atoms with van der Waals surface area (Å²) in [5, 5.41) is 23.8. The van der Waals surface area contributed by atoms with Crippen LogP contribution in [-0.2, 0) is 0 Å². The summed E-state index contributed by atoms with van der Waals surface area (Å²) in [4.78, 5) is 8.59. The zero-order valence-electron chi connectivity index (χ0n) is 13.8. The molecule has 0 radical (unpaired) electrons. The second kappa shape index (κ2) is 5.80. The van der Waals surface area contributed by atoms with Crippen LogP contribution >= 0.6 is 0 Å². The number of aromatic nitrogens is 4. The number of hydrogen-bond donors (Lipinski definition) is 2. The number of fused-ring (bicyclic) bond motifs is 1. The van der Waals surface area contributed by atoms with E-state index in [4.69, 9.17) is 6.42 Å². The van der Waals surface area contributed by atoms with E-state index < -0.39 is 5.60 Å². The van der Waals surface area contributed by atoms with Crippen molar-refractivity contribution in [3.05, 3.63) is 42.2 Å². The zero-order chi connectivity index (χ0) is 17.4. The number of aliphatic hydroxyl groups is 1. The molecule has 0 bridgehead atoms. The monoisotopic (exact) mass is 331 g/mol. The molecular formula is C19H17N5O. The van der Waals surface area contributed by atoms with E-state index in [2.05, 4.69) is 31.4 Å². The quantitative estimate of drug-likeness (QED) is 0.717. The third kappa shape index (κ3) is 2.90. The van der Waals surface area contributed by atoms with Crippen molar-refractivity contribution in [3.8, 4) is 23.9 Å². The van der Waals surface area contributed by atoms with E-state index >= 15 is 0 Å². The van der Waals surface area contributed by atoms with E-state index in [1.165, 1.54) is 0 Å². The molecule has 1 fully saturated rings. The number of nitrogens with zero attached hydrogens (tertiary/aromatic N) is 4. The third-order valence-electron chi connectivity index (χ3n) is 4.43. The Morgan fingerprint density at radius 1 is 1.16 bits per heavy atom. The first kappa shape index (κ1) is 15.5. The van der Waals surface area contributed by atoms with Gasteiger partial charge >= 0.3 is 0 Å². The van der Waals surface area contributed by atoms with Crippen molar-refractivity contribution in [1.29, 1.82) is 0 Å². The normalized spacial score (nSPS) is 22.2. The highest BCUT2D eigenvalue weighted by Crippen LogP contribution is 2.35. The molecule has 2 heterocycles. The summed E-state index contributed by atoms with van der Waals surface area (Å²) in [5.74, 6) is 3.70. The summed E-state index contributed by atoms with van der Waals surface area (Å²) >= 11 is 0. The highest BCUT2D eigenvalue weighted by molar-refractivity contribution is 5.99. The molecule has 4 rings (SSSR count). The van der Waals surface area contributed by atoms with Gasteiger partial charge in [-0.15, -0.1) is 16.6 Å². The number of benzene rings is 1. The Labute approximate surface area is 145 Å². The van der Waals surface area contributed by atoms with E-state index in [0.29, 0.717) is 35.7 Å². The minimum Gasteiger partial charge on any atom is -0.390 e. The van der Waals surface area contributed by atoms with Crippen molar-refractivity contribution in [2.45, 2.75) is 31.4 Å². The van der Waals surface area contributed by atoms with Crippen molar-refractivity contribution in [1.82, 2.24) is 20.2 Å². The number of anilines is 1. The molecule has 1 saturated carbocycles. The zero-order valence-corrected chi connectivity index (χ0v) is 13.8. The molecule has 124 valence electrons. The topological polar surface area (TPSA) is 83.8 Å². The van der Waals surface area contributed by atoms with Crippen LogP contribution in [0, 0.1) is 12.3 Å². The number of rotatable bonds is 3. The van der Waals surface area contributed by atoms with Crippen LogP contribution in [0.4, 0.5) is 5.82 Å². The first-order chi connectivity index (χ1) is 12.1. The molecule has 0 unspecified atom stereocenters. The van der Waals surface area contributed by atoms with E-state index in [9.17, 15) is 5.11 Å². The summed E-state index contributed by atoms with van der Waals surface area (Å²) in [7, 11) is 0. The van der Waals surface area contributed by atoms with Gasteiger partial charge in [0, 0.05) is 29.2 Å². The SMILES string of the molecule is C#Cc1cnc(-c2nnc(NC3CC(C)(O)C3)c3ccccc23)nc1. The maximum Gasteiger partial charge on any atom is 0.180 e. The highest BCUT2D eigenvalue weighted by Gasteiger charge is 2.38. The maximum atomic E-state index is 9.90. The molecule has 1 aliphatic rings. The van der Waals surface area contributed by atoms with Crippen LogP contribution in [0.3, 0.4) is 0 Å². The Morgan fingerprint density at radius 2 is 1.84 bits per heavy atom. The summed E-state index contributed by atoms with van der Waals surface area (Å²) in [6.45, 7) is 1.84. The third-order valence-corrected chi connectivity index (χ3v) is 4.43. The second-order valence-electron chi connectivity index (χ2n) is 6.63. The van der Waals surface area contributed by atoms with Gasteiger partial charge in [-0.2, -0.15) is 0 Å². The molecule has 0 spiro atoms.